The minimum atomic E-state index is -0.294. The van der Waals surface area contributed by atoms with E-state index in [1.807, 2.05) is 23.1 Å². The molecule has 0 radical (unpaired) electrons. The second-order valence-electron chi connectivity index (χ2n) is 11.6. The van der Waals surface area contributed by atoms with Gasteiger partial charge in [-0.25, -0.2) is 9.97 Å². The number of benzene rings is 1. The molecule has 2 aliphatic carbocycles. The number of fused-ring (bicyclic) bond motifs is 2. The van der Waals surface area contributed by atoms with Gasteiger partial charge >= 0.3 is 0 Å². The molecule has 0 saturated heterocycles. The third-order valence-electron chi connectivity index (χ3n) is 8.39. The van der Waals surface area contributed by atoms with Crippen LogP contribution in [-0.4, -0.2) is 40.8 Å². The molecule has 4 aromatic heterocycles. The zero-order valence-corrected chi connectivity index (χ0v) is 23.2. The zero-order valence-electron chi connectivity index (χ0n) is 23.2. The van der Waals surface area contributed by atoms with Crippen molar-refractivity contribution in [3.05, 3.63) is 65.2 Å². The lowest BCUT2D eigenvalue weighted by atomic mass is 9.85. The van der Waals surface area contributed by atoms with E-state index in [-0.39, 0.29) is 29.2 Å². The monoisotopic (exact) mass is 536 g/mol. The highest BCUT2D eigenvalue weighted by Gasteiger charge is 2.45. The Morgan fingerprint density at radius 3 is 2.83 bits per heavy atom. The molecule has 1 unspecified atom stereocenters. The predicted molar refractivity (Wildman–Crippen MR) is 150 cm³/mol. The standard InChI is InChI=1S/C30H32N8O2/c1-16(2)38-17(3)22(15-32-38)25-34-24-21(10-13-31-26(24)35-25)19-8-9-20-18(14-19)6-5-7-23(20)33-28(39)27-36-29(40-37-27)30(4)11-12-30/h8-10,13-16,23H,5-7,11-12H2,1-4H3,(H,33,39)(H,31,34,35). The molecule has 10 nitrogen and oxygen atoms in total. The highest BCUT2D eigenvalue weighted by Crippen LogP contribution is 2.46. The van der Waals surface area contributed by atoms with E-state index >= 15 is 0 Å². The molecule has 10 heteroatoms. The van der Waals surface area contributed by atoms with E-state index in [4.69, 9.17) is 9.51 Å². The Hall–Kier alpha value is -4.34. The van der Waals surface area contributed by atoms with Crippen LogP contribution in [0, 0.1) is 6.92 Å². The number of hydrogen-bond acceptors (Lipinski definition) is 7. The number of aryl methyl sites for hydroxylation is 1. The van der Waals surface area contributed by atoms with E-state index < -0.39 is 0 Å². The average molecular weight is 537 g/mol. The van der Waals surface area contributed by atoms with Crippen LogP contribution in [0.5, 0.6) is 0 Å². The Bertz CT molecular complexity index is 1760. The smallest absolute Gasteiger partial charge is 0.293 e. The number of amides is 1. The molecule has 0 aliphatic heterocycles. The van der Waals surface area contributed by atoms with Crippen molar-refractivity contribution in [2.24, 2.45) is 0 Å². The number of H-pyrrole nitrogens is 1. The molecule has 4 heterocycles. The first-order valence-corrected chi connectivity index (χ1v) is 14.0. The SMILES string of the molecule is Cc1c(-c2nc3c(-c4ccc5c(c4)CCCC5NC(=O)c4noc(C5(C)CC5)n4)ccnc3[nH]2)cnn1C(C)C. The number of pyridine rings is 1. The minimum absolute atomic E-state index is 0.0677. The van der Waals surface area contributed by atoms with Gasteiger partial charge in [0.2, 0.25) is 5.89 Å². The summed E-state index contributed by atoms with van der Waals surface area (Å²) in [5.74, 6) is 1.13. The maximum Gasteiger partial charge on any atom is 0.293 e. The lowest BCUT2D eigenvalue weighted by molar-refractivity contribution is 0.0919. The quantitative estimate of drug-likeness (QED) is 0.288. The van der Waals surface area contributed by atoms with Gasteiger partial charge in [-0.2, -0.15) is 10.1 Å². The van der Waals surface area contributed by atoms with E-state index in [9.17, 15) is 4.79 Å². The molecule has 1 amide bonds. The number of rotatable bonds is 6. The third-order valence-corrected chi connectivity index (χ3v) is 8.39. The Morgan fingerprint density at radius 1 is 1.20 bits per heavy atom. The maximum absolute atomic E-state index is 13.0. The Labute approximate surface area is 231 Å². The summed E-state index contributed by atoms with van der Waals surface area (Å²) < 4.78 is 7.38. The van der Waals surface area contributed by atoms with Crippen molar-refractivity contribution >= 4 is 17.1 Å². The summed E-state index contributed by atoms with van der Waals surface area (Å²) in [5.41, 5.74) is 7.99. The molecule has 7 rings (SSSR count). The molecule has 2 aliphatic rings. The van der Waals surface area contributed by atoms with Gasteiger partial charge in [0.05, 0.1) is 17.8 Å². The van der Waals surface area contributed by atoms with Crippen molar-refractivity contribution in [2.45, 2.75) is 77.3 Å². The van der Waals surface area contributed by atoms with Gasteiger partial charge in [-0.05, 0) is 75.6 Å². The number of aromatic amines is 1. The van der Waals surface area contributed by atoms with Gasteiger partial charge in [0, 0.05) is 28.9 Å². The van der Waals surface area contributed by atoms with Crippen molar-refractivity contribution in [2.75, 3.05) is 0 Å². The fourth-order valence-electron chi connectivity index (χ4n) is 5.76. The van der Waals surface area contributed by atoms with E-state index in [1.165, 1.54) is 5.56 Å². The summed E-state index contributed by atoms with van der Waals surface area (Å²) >= 11 is 0. The molecule has 5 aromatic rings. The molecule has 1 aromatic carbocycles. The van der Waals surface area contributed by atoms with Crippen LogP contribution >= 0.6 is 0 Å². The summed E-state index contributed by atoms with van der Waals surface area (Å²) in [6, 6.07) is 8.63. The van der Waals surface area contributed by atoms with Crippen LogP contribution in [0.15, 0.2) is 41.2 Å². The first-order chi connectivity index (χ1) is 19.3. The van der Waals surface area contributed by atoms with Crippen LogP contribution in [0.3, 0.4) is 0 Å². The lowest BCUT2D eigenvalue weighted by Crippen LogP contribution is -2.31. The Kier molecular flexibility index (Phi) is 5.62. The van der Waals surface area contributed by atoms with Gasteiger partial charge in [0.1, 0.15) is 11.3 Å². The maximum atomic E-state index is 13.0. The molecule has 40 heavy (non-hydrogen) atoms. The number of nitrogens with one attached hydrogen (secondary N) is 2. The predicted octanol–water partition coefficient (Wildman–Crippen LogP) is 5.62. The average Bonchev–Trinajstić information content (AvgIpc) is 3.33. The number of hydrogen-bond donors (Lipinski definition) is 2. The van der Waals surface area contributed by atoms with E-state index in [2.05, 4.69) is 76.4 Å². The van der Waals surface area contributed by atoms with E-state index in [1.54, 1.807) is 0 Å². The number of aromatic nitrogens is 7. The molecule has 0 spiro atoms. The Morgan fingerprint density at radius 2 is 2.05 bits per heavy atom. The molecule has 2 N–H and O–H groups in total. The van der Waals surface area contributed by atoms with Gasteiger partial charge in [-0.15, -0.1) is 0 Å². The number of nitrogens with zero attached hydrogens (tertiary/aromatic N) is 6. The summed E-state index contributed by atoms with van der Waals surface area (Å²) in [5, 5.41) is 11.6. The van der Waals surface area contributed by atoms with E-state index in [0.29, 0.717) is 5.89 Å². The molecule has 0 bridgehead atoms. The first-order valence-electron chi connectivity index (χ1n) is 14.0. The minimum Gasteiger partial charge on any atom is -0.342 e. The summed E-state index contributed by atoms with van der Waals surface area (Å²) in [6.07, 6.45) is 8.50. The molecular formula is C30H32N8O2. The normalized spacial score (nSPS) is 17.8. The summed E-state index contributed by atoms with van der Waals surface area (Å²) in [4.78, 5) is 30.3. The van der Waals surface area contributed by atoms with Crippen molar-refractivity contribution in [1.82, 2.24) is 40.2 Å². The van der Waals surface area contributed by atoms with Crippen molar-refractivity contribution in [1.29, 1.82) is 0 Å². The second kappa shape index (κ2) is 9.11. The molecule has 1 fully saturated rings. The van der Waals surface area contributed by atoms with Gasteiger partial charge in [0.25, 0.3) is 11.7 Å². The zero-order chi connectivity index (χ0) is 27.6. The van der Waals surface area contributed by atoms with Crippen molar-refractivity contribution in [3.63, 3.8) is 0 Å². The highest BCUT2D eigenvalue weighted by molar-refractivity contribution is 5.92. The largest absolute Gasteiger partial charge is 0.342 e. The van der Waals surface area contributed by atoms with Crippen LogP contribution < -0.4 is 5.32 Å². The topological polar surface area (TPSA) is 127 Å². The van der Waals surface area contributed by atoms with Crippen LogP contribution in [0.1, 0.15) is 91.9 Å². The van der Waals surface area contributed by atoms with Gasteiger partial charge < -0.3 is 14.8 Å². The highest BCUT2D eigenvalue weighted by atomic mass is 16.5. The molecular weight excluding hydrogens is 504 g/mol. The van der Waals surface area contributed by atoms with Gasteiger partial charge in [-0.1, -0.05) is 30.3 Å². The fraction of sp³-hybridized carbons (Fsp3) is 0.400. The van der Waals surface area contributed by atoms with Crippen LogP contribution in [0.25, 0.3) is 33.7 Å². The first kappa shape index (κ1) is 24.7. The molecule has 1 atom stereocenters. The molecule has 204 valence electrons. The summed E-state index contributed by atoms with van der Waals surface area (Å²) in [6.45, 7) is 8.38. The number of carbonyl (C=O) groups excluding carboxylic acids is 1. The molecule has 1 saturated carbocycles. The van der Waals surface area contributed by atoms with Crippen LogP contribution in [0.2, 0.25) is 0 Å². The Balaban J connectivity index is 1.17. The van der Waals surface area contributed by atoms with Crippen LogP contribution in [-0.2, 0) is 11.8 Å². The van der Waals surface area contributed by atoms with Gasteiger partial charge in [0.15, 0.2) is 5.65 Å². The van der Waals surface area contributed by atoms with E-state index in [0.717, 1.165) is 77.0 Å². The second-order valence-corrected chi connectivity index (χ2v) is 11.6. The lowest BCUT2D eigenvalue weighted by Gasteiger charge is -2.26. The fourth-order valence-corrected chi connectivity index (χ4v) is 5.76. The number of carbonyl (C=O) groups is 1. The van der Waals surface area contributed by atoms with Crippen LogP contribution in [0.4, 0.5) is 0 Å². The van der Waals surface area contributed by atoms with Crippen molar-refractivity contribution < 1.29 is 9.32 Å². The number of imidazole rings is 1. The van der Waals surface area contributed by atoms with Crippen molar-refractivity contribution in [3.8, 4) is 22.5 Å². The third kappa shape index (κ3) is 4.09. The summed E-state index contributed by atoms with van der Waals surface area (Å²) in [7, 11) is 0. The van der Waals surface area contributed by atoms with Gasteiger partial charge in [-0.3, -0.25) is 9.48 Å².